The van der Waals surface area contributed by atoms with Crippen LogP contribution in [-0.2, 0) is 9.53 Å². The lowest BCUT2D eigenvalue weighted by Gasteiger charge is -2.09. The van der Waals surface area contributed by atoms with Crippen molar-refractivity contribution in [3.8, 4) is 5.75 Å². The second-order valence-corrected chi connectivity index (χ2v) is 5.27. The molecule has 0 aliphatic rings. The second kappa shape index (κ2) is 7.59. The number of methoxy groups -OCH3 is 1. The Labute approximate surface area is 139 Å². The maximum absolute atomic E-state index is 13.6. The Hall–Kier alpha value is -2.89. The van der Waals surface area contributed by atoms with E-state index in [0.29, 0.717) is 5.69 Å². The number of halogens is 1. The van der Waals surface area contributed by atoms with Gasteiger partial charge in [-0.15, -0.1) is 0 Å². The molecule has 2 rings (SSSR count). The van der Waals surface area contributed by atoms with Gasteiger partial charge in [0.15, 0.2) is 18.2 Å². The van der Waals surface area contributed by atoms with Gasteiger partial charge in [0.1, 0.15) is 0 Å². The Morgan fingerprint density at radius 3 is 2.46 bits per heavy atom. The van der Waals surface area contributed by atoms with Crippen molar-refractivity contribution < 1.29 is 23.5 Å². The van der Waals surface area contributed by atoms with Crippen molar-refractivity contribution in [3.63, 3.8) is 0 Å². The van der Waals surface area contributed by atoms with Crippen molar-refractivity contribution in [2.45, 2.75) is 13.8 Å². The number of esters is 1. The van der Waals surface area contributed by atoms with E-state index in [1.54, 1.807) is 6.07 Å². The van der Waals surface area contributed by atoms with Gasteiger partial charge in [0, 0.05) is 5.69 Å². The molecule has 2 aromatic rings. The number of nitrogens with one attached hydrogen (secondary N) is 1. The van der Waals surface area contributed by atoms with Gasteiger partial charge in [-0.2, -0.15) is 0 Å². The van der Waals surface area contributed by atoms with E-state index in [2.05, 4.69) is 5.32 Å². The highest BCUT2D eigenvalue weighted by molar-refractivity contribution is 5.95. The van der Waals surface area contributed by atoms with Gasteiger partial charge in [0.05, 0.1) is 12.7 Å². The molecule has 0 aliphatic carbocycles. The summed E-state index contributed by atoms with van der Waals surface area (Å²) < 4.78 is 23.2. The number of anilines is 1. The summed E-state index contributed by atoms with van der Waals surface area (Å²) in [5.74, 6) is -1.90. The van der Waals surface area contributed by atoms with Gasteiger partial charge >= 0.3 is 5.97 Å². The maximum Gasteiger partial charge on any atom is 0.338 e. The van der Waals surface area contributed by atoms with Gasteiger partial charge in [0.25, 0.3) is 5.91 Å². The van der Waals surface area contributed by atoms with Crippen LogP contribution in [0.15, 0.2) is 36.4 Å². The van der Waals surface area contributed by atoms with Crippen LogP contribution in [0.1, 0.15) is 21.5 Å². The molecule has 24 heavy (non-hydrogen) atoms. The van der Waals surface area contributed by atoms with E-state index in [0.717, 1.165) is 17.2 Å². The van der Waals surface area contributed by atoms with Crippen LogP contribution in [0.3, 0.4) is 0 Å². The second-order valence-electron chi connectivity index (χ2n) is 5.27. The average molecular weight is 331 g/mol. The molecule has 0 atom stereocenters. The number of hydrogen-bond acceptors (Lipinski definition) is 4. The minimum absolute atomic E-state index is 0.00674. The van der Waals surface area contributed by atoms with Gasteiger partial charge < -0.3 is 14.8 Å². The molecule has 0 fully saturated rings. The highest BCUT2D eigenvalue weighted by Gasteiger charge is 2.13. The van der Waals surface area contributed by atoms with Crippen molar-refractivity contribution in [2.24, 2.45) is 0 Å². The van der Waals surface area contributed by atoms with E-state index in [-0.39, 0.29) is 11.3 Å². The summed E-state index contributed by atoms with van der Waals surface area (Å²) in [6.07, 6.45) is 0. The van der Waals surface area contributed by atoms with Crippen LogP contribution in [0.25, 0.3) is 0 Å². The minimum atomic E-state index is -0.785. The van der Waals surface area contributed by atoms with E-state index in [4.69, 9.17) is 9.47 Å². The first kappa shape index (κ1) is 17.5. The molecule has 1 amide bonds. The lowest BCUT2D eigenvalue weighted by molar-refractivity contribution is -0.119. The summed E-state index contributed by atoms with van der Waals surface area (Å²) in [7, 11) is 1.33. The number of amides is 1. The molecule has 0 radical (unpaired) electrons. The number of hydrogen-bond donors (Lipinski definition) is 1. The summed E-state index contributed by atoms with van der Waals surface area (Å²) in [4.78, 5) is 23.7. The van der Waals surface area contributed by atoms with Crippen molar-refractivity contribution in [1.82, 2.24) is 0 Å². The molecule has 0 unspecified atom stereocenters. The molecule has 6 heteroatoms. The molecular weight excluding hydrogens is 313 g/mol. The molecule has 0 spiro atoms. The van der Waals surface area contributed by atoms with Gasteiger partial charge in [-0.3, -0.25) is 4.79 Å². The van der Waals surface area contributed by atoms with Crippen molar-refractivity contribution in [3.05, 3.63) is 58.9 Å². The number of benzene rings is 2. The smallest absolute Gasteiger partial charge is 0.338 e. The van der Waals surface area contributed by atoms with Crippen LogP contribution in [0.4, 0.5) is 10.1 Å². The third kappa shape index (κ3) is 4.32. The van der Waals surface area contributed by atoms with Crippen LogP contribution >= 0.6 is 0 Å². The van der Waals surface area contributed by atoms with Crippen LogP contribution < -0.4 is 10.1 Å². The summed E-state index contributed by atoms with van der Waals surface area (Å²) in [5.41, 5.74) is 2.78. The van der Waals surface area contributed by atoms with E-state index >= 15 is 0 Å². The molecular formula is C18H18FNO4. The molecule has 5 nitrogen and oxygen atoms in total. The molecule has 0 heterocycles. The van der Waals surface area contributed by atoms with E-state index in [1.165, 1.54) is 19.2 Å². The van der Waals surface area contributed by atoms with Gasteiger partial charge in [-0.25, -0.2) is 9.18 Å². The molecule has 126 valence electrons. The van der Waals surface area contributed by atoms with Crippen LogP contribution in [0.5, 0.6) is 5.75 Å². The summed E-state index contributed by atoms with van der Waals surface area (Å²) in [5, 5.41) is 2.64. The first-order valence-electron chi connectivity index (χ1n) is 7.28. The number of carbonyl (C=O) groups excluding carboxylic acids is 2. The number of carbonyl (C=O) groups is 2. The summed E-state index contributed by atoms with van der Waals surface area (Å²) in [6.45, 7) is 3.44. The molecule has 0 aliphatic heterocycles. The van der Waals surface area contributed by atoms with Gasteiger partial charge in [-0.05, 0) is 55.3 Å². The number of aryl methyl sites for hydroxylation is 2. The Kier molecular flexibility index (Phi) is 5.52. The Balaban J connectivity index is 1.92. The Bertz CT molecular complexity index is 774. The van der Waals surface area contributed by atoms with Gasteiger partial charge in [0.2, 0.25) is 0 Å². The predicted molar refractivity (Wildman–Crippen MR) is 87.8 cm³/mol. The highest BCUT2D eigenvalue weighted by Crippen LogP contribution is 2.18. The highest BCUT2D eigenvalue weighted by atomic mass is 19.1. The molecule has 1 N–H and O–H groups in total. The lowest BCUT2D eigenvalue weighted by Crippen LogP contribution is -2.21. The fourth-order valence-corrected chi connectivity index (χ4v) is 2.02. The van der Waals surface area contributed by atoms with Crippen LogP contribution in [-0.4, -0.2) is 25.6 Å². The quantitative estimate of drug-likeness (QED) is 0.854. The number of ether oxygens (including phenoxy) is 2. The summed E-state index contributed by atoms with van der Waals surface area (Å²) in [6, 6.07) is 9.17. The molecule has 0 saturated heterocycles. The number of rotatable bonds is 5. The third-order valence-electron chi connectivity index (χ3n) is 3.51. The Morgan fingerprint density at radius 2 is 1.83 bits per heavy atom. The summed E-state index contributed by atoms with van der Waals surface area (Å²) >= 11 is 0. The molecule has 2 aromatic carbocycles. The minimum Gasteiger partial charge on any atom is -0.494 e. The van der Waals surface area contributed by atoms with E-state index < -0.39 is 24.3 Å². The first-order valence-corrected chi connectivity index (χ1v) is 7.28. The topological polar surface area (TPSA) is 64.6 Å². The zero-order valence-corrected chi connectivity index (χ0v) is 13.7. The largest absolute Gasteiger partial charge is 0.494 e. The molecule has 0 aromatic heterocycles. The van der Waals surface area contributed by atoms with Crippen molar-refractivity contribution >= 4 is 17.6 Å². The first-order chi connectivity index (χ1) is 11.4. The van der Waals surface area contributed by atoms with Crippen LogP contribution in [0.2, 0.25) is 0 Å². The standard InChI is InChI=1S/C18H18FNO4/c1-11-4-6-14(8-12(11)2)20-17(21)10-24-18(22)13-5-7-16(23-3)15(19)9-13/h4-9H,10H2,1-3H3,(H,20,21). The van der Waals surface area contributed by atoms with Gasteiger partial charge in [-0.1, -0.05) is 6.07 Å². The fourth-order valence-electron chi connectivity index (χ4n) is 2.02. The maximum atomic E-state index is 13.6. The zero-order valence-electron chi connectivity index (χ0n) is 13.7. The normalized spacial score (nSPS) is 10.2. The SMILES string of the molecule is COc1ccc(C(=O)OCC(=O)Nc2ccc(C)c(C)c2)cc1F. The zero-order chi connectivity index (χ0) is 17.7. The van der Waals surface area contributed by atoms with Crippen LogP contribution in [0, 0.1) is 19.7 Å². The van der Waals surface area contributed by atoms with Crippen molar-refractivity contribution in [1.29, 1.82) is 0 Å². The molecule has 0 bridgehead atoms. The average Bonchev–Trinajstić information content (AvgIpc) is 2.56. The van der Waals surface area contributed by atoms with Crippen molar-refractivity contribution in [2.75, 3.05) is 19.0 Å². The Morgan fingerprint density at radius 1 is 1.08 bits per heavy atom. The molecule has 0 saturated carbocycles. The van der Waals surface area contributed by atoms with E-state index in [1.807, 2.05) is 26.0 Å². The predicted octanol–water partition coefficient (Wildman–Crippen LogP) is 3.25. The lowest BCUT2D eigenvalue weighted by atomic mass is 10.1. The third-order valence-corrected chi connectivity index (χ3v) is 3.51. The van der Waals surface area contributed by atoms with E-state index in [9.17, 15) is 14.0 Å². The fraction of sp³-hybridized carbons (Fsp3) is 0.222. The monoisotopic (exact) mass is 331 g/mol.